The number of hydrogen-bond donors (Lipinski definition) is 0. The maximum atomic E-state index is 9.32. The van der Waals surface area contributed by atoms with E-state index in [1.54, 1.807) is 0 Å². The molecule has 0 fully saturated rings. The quantitative estimate of drug-likeness (QED) is 0.173. The van der Waals surface area contributed by atoms with E-state index in [9.17, 15) is 2.74 Å². The van der Waals surface area contributed by atoms with Crippen LogP contribution in [-0.4, -0.2) is 0 Å². The van der Waals surface area contributed by atoms with Gasteiger partial charge in [0.25, 0.3) is 0 Å². The van der Waals surface area contributed by atoms with E-state index in [-0.39, 0.29) is 68.5 Å². The highest BCUT2D eigenvalue weighted by molar-refractivity contribution is 6.24. The third kappa shape index (κ3) is 4.28. The fraction of sp³-hybridized carbons (Fsp3) is 0. The van der Waals surface area contributed by atoms with Crippen molar-refractivity contribution in [3.05, 3.63) is 182 Å². The van der Waals surface area contributed by atoms with Crippen LogP contribution in [0.4, 0.5) is 0 Å². The molecule has 0 bridgehead atoms. The molecule has 0 aliphatic heterocycles. The van der Waals surface area contributed by atoms with E-state index < -0.39 is 24.2 Å². The number of fused-ring (bicyclic) bond motifs is 8. The van der Waals surface area contributed by atoms with Crippen LogP contribution in [0.25, 0.3) is 109 Å². The molecule has 0 spiro atoms. The minimum Gasteiger partial charge on any atom is -0.456 e. The second-order valence-corrected chi connectivity index (χ2v) is 12.9. The van der Waals surface area contributed by atoms with Crippen LogP contribution in [0.3, 0.4) is 0 Å². The van der Waals surface area contributed by atoms with E-state index in [1.807, 2.05) is 30.3 Å². The average molecular weight is 656 g/mol. The molecule has 1 heteroatoms. The topological polar surface area (TPSA) is 13.1 Å². The van der Waals surface area contributed by atoms with Gasteiger partial charge in [0.1, 0.15) is 11.2 Å². The Hall–Kier alpha value is -6.70. The summed E-state index contributed by atoms with van der Waals surface area (Å²) in [6.07, 6.45) is 0. The summed E-state index contributed by atoms with van der Waals surface area (Å²) in [4.78, 5) is 0. The summed E-state index contributed by atoms with van der Waals surface area (Å²) in [7, 11) is 0. The van der Waals surface area contributed by atoms with Crippen molar-refractivity contribution in [2.75, 3.05) is 0 Å². The van der Waals surface area contributed by atoms with Gasteiger partial charge in [0.15, 0.2) is 0 Å². The Morgan fingerprint density at radius 3 is 1.80 bits per heavy atom. The Kier molecular flexibility index (Phi) is 4.43. The predicted octanol–water partition coefficient (Wildman–Crippen LogP) is 14.4. The lowest BCUT2D eigenvalue weighted by Crippen LogP contribution is -1.92. The van der Waals surface area contributed by atoms with Crippen molar-refractivity contribution in [2.24, 2.45) is 0 Å². The molecule has 0 atom stereocenters. The van der Waals surface area contributed by atoms with Crippen LogP contribution in [0.15, 0.2) is 186 Å². The third-order valence-electron chi connectivity index (χ3n) is 10.1. The highest BCUT2D eigenvalue weighted by Gasteiger charge is 2.19. The Labute approximate surface area is 307 Å². The second kappa shape index (κ2) is 10.9. The molecule has 11 aromatic rings. The maximum absolute atomic E-state index is 9.32. The lowest BCUT2D eigenvalue weighted by atomic mass is 9.84. The van der Waals surface area contributed by atoms with Gasteiger partial charge < -0.3 is 4.42 Å². The minimum absolute atomic E-state index is 0.0582. The molecule has 0 saturated carbocycles. The van der Waals surface area contributed by atoms with Gasteiger partial charge in [-0.25, -0.2) is 0 Å². The molecule has 0 aliphatic rings. The normalized spacial score (nSPS) is 14.4. The van der Waals surface area contributed by atoms with Crippen molar-refractivity contribution in [3.63, 3.8) is 0 Å². The molecule has 1 aromatic heterocycles. The maximum Gasteiger partial charge on any atom is 0.136 e. The standard InChI is InChI=1S/C50H30O/c1-2-12-32-27-37(24-23-31(32)11-1)48-41-16-5-7-18-43(41)49(44-19-8-6-17-42(44)48)40-21-9-15-35-28-36(25-26-38(35)40)39-20-10-22-46-50(39)45-29-33-13-3-4-14-34(33)30-47(45)51-46/h1-30H/i3D,4D,10D,13D,14D,20D,22D,29D,30D. The first kappa shape index (κ1) is 20.7. The SMILES string of the molecule is [2H]c1c([2H])c(-c2ccc3c(-c4c5ccccc5c(-c5ccc6ccccc6c5)c5ccccc45)cccc3c2)c2c(oc3c([2H])c4c([2H])c([2H])c([2H])c([2H])c4c([2H])c32)c1[2H]. The van der Waals surface area contributed by atoms with Crippen LogP contribution in [-0.2, 0) is 0 Å². The lowest BCUT2D eigenvalue weighted by Gasteiger charge is -2.19. The smallest absolute Gasteiger partial charge is 0.136 e. The Morgan fingerprint density at radius 2 is 1.02 bits per heavy atom. The highest BCUT2D eigenvalue weighted by atomic mass is 16.3. The van der Waals surface area contributed by atoms with Gasteiger partial charge in [-0.3, -0.25) is 0 Å². The molecule has 236 valence electrons. The zero-order valence-corrected chi connectivity index (χ0v) is 27.0. The third-order valence-corrected chi connectivity index (χ3v) is 10.1. The van der Waals surface area contributed by atoms with Crippen LogP contribution < -0.4 is 0 Å². The van der Waals surface area contributed by atoms with E-state index >= 15 is 0 Å². The summed E-state index contributed by atoms with van der Waals surface area (Å²) < 4.78 is 85.1. The van der Waals surface area contributed by atoms with Gasteiger partial charge in [0.2, 0.25) is 0 Å². The zero-order valence-electron chi connectivity index (χ0n) is 36.0. The van der Waals surface area contributed by atoms with Crippen LogP contribution in [0.2, 0.25) is 0 Å². The molecule has 1 nitrogen and oxygen atoms in total. The minimum atomic E-state index is -0.531. The average Bonchev–Trinajstić information content (AvgIpc) is 3.68. The van der Waals surface area contributed by atoms with Crippen LogP contribution >= 0.6 is 0 Å². The van der Waals surface area contributed by atoms with Crippen molar-refractivity contribution in [1.29, 1.82) is 0 Å². The summed E-state index contributed by atoms with van der Waals surface area (Å²) in [6.45, 7) is 0. The van der Waals surface area contributed by atoms with Crippen molar-refractivity contribution in [3.8, 4) is 33.4 Å². The predicted molar refractivity (Wildman–Crippen MR) is 218 cm³/mol. The lowest BCUT2D eigenvalue weighted by molar-refractivity contribution is 0.669. The van der Waals surface area contributed by atoms with Gasteiger partial charge in [-0.15, -0.1) is 0 Å². The summed E-state index contributed by atoms with van der Waals surface area (Å²) in [5.74, 6) is 0. The Bertz CT molecular complexity index is 3660. The van der Waals surface area contributed by atoms with E-state index in [0.29, 0.717) is 5.56 Å². The molecule has 11 rings (SSSR count). The van der Waals surface area contributed by atoms with E-state index in [0.717, 1.165) is 54.6 Å². The molecule has 1 heterocycles. The van der Waals surface area contributed by atoms with Gasteiger partial charge in [0, 0.05) is 10.8 Å². The van der Waals surface area contributed by atoms with Gasteiger partial charge in [0.05, 0.1) is 12.3 Å². The summed E-state index contributed by atoms with van der Waals surface area (Å²) in [5.41, 5.74) is 4.93. The molecule has 0 amide bonds. The van der Waals surface area contributed by atoms with Gasteiger partial charge >= 0.3 is 0 Å². The van der Waals surface area contributed by atoms with Crippen LogP contribution in [0, 0.1) is 0 Å². The Morgan fingerprint density at radius 1 is 0.373 bits per heavy atom. The van der Waals surface area contributed by atoms with Crippen molar-refractivity contribution in [2.45, 2.75) is 0 Å². The molecule has 0 saturated heterocycles. The fourth-order valence-corrected chi connectivity index (χ4v) is 7.86. The molecule has 0 aliphatic carbocycles. The first-order chi connectivity index (χ1) is 29.0. The Balaban J connectivity index is 1.18. The van der Waals surface area contributed by atoms with Crippen LogP contribution in [0.1, 0.15) is 12.3 Å². The number of benzene rings is 10. The fourth-order valence-electron chi connectivity index (χ4n) is 7.86. The molecule has 10 aromatic carbocycles. The highest BCUT2D eigenvalue weighted by Crippen LogP contribution is 2.46. The zero-order chi connectivity index (χ0) is 41.3. The van der Waals surface area contributed by atoms with Gasteiger partial charge in [-0.05, 0) is 118 Å². The number of rotatable bonds is 3. The number of furan rings is 1. The van der Waals surface area contributed by atoms with Crippen molar-refractivity contribution < 1.29 is 16.8 Å². The van der Waals surface area contributed by atoms with E-state index in [1.165, 1.54) is 10.8 Å². The molecular weight excluding hydrogens is 617 g/mol. The van der Waals surface area contributed by atoms with E-state index in [4.69, 9.17) is 14.0 Å². The first-order valence-corrected chi connectivity index (χ1v) is 16.9. The molecule has 0 radical (unpaired) electrons. The summed E-state index contributed by atoms with van der Waals surface area (Å²) in [6, 6.07) is 40.2. The van der Waals surface area contributed by atoms with Crippen LogP contribution in [0.5, 0.6) is 0 Å². The van der Waals surface area contributed by atoms with Gasteiger partial charge in [-0.2, -0.15) is 0 Å². The summed E-state index contributed by atoms with van der Waals surface area (Å²) >= 11 is 0. The number of hydrogen-bond acceptors (Lipinski definition) is 1. The monoisotopic (exact) mass is 655 g/mol. The van der Waals surface area contributed by atoms with Gasteiger partial charge in [-0.1, -0.05) is 152 Å². The molecule has 51 heavy (non-hydrogen) atoms. The van der Waals surface area contributed by atoms with Crippen molar-refractivity contribution in [1.82, 2.24) is 0 Å². The molecule has 0 unspecified atom stereocenters. The first-order valence-electron chi connectivity index (χ1n) is 21.4. The largest absolute Gasteiger partial charge is 0.456 e. The summed E-state index contributed by atoms with van der Waals surface area (Å²) in [5, 5.41) is 8.53. The molecular formula is C50H30O. The van der Waals surface area contributed by atoms with E-state index in [2.05, 4.69) is 97.1 Å². The second-order valence-electron chi connectivity index (χ2n) is 12.9. The van der Waals surface area contributed by atoms with Crippen molar-refractivity contribution >= 4 is 75.8 Å². The molecule has 0 N–H and O–H groups in total.